The molecule has 0 aromatic heterocycles. The Kier molecular flexibility index (Phi) is 2.68. The number of urea groups is 1. The number of amides is 3. The fourth-order valence-electron chi connectivity index (χ4n) is 1.41. The molecule has 3 amide bonds. The summed E-state index contributed by atoms with van der Waals surface area (Å²) in [5, 5.41) is 24.3. The Balaban J connectivity index is 2.42. The topological polar surface area (TPSA) is 122 Å². The number of hydrogen-bond acceptors (Lipinski definition) is 5. The molecular formula is C10H7N3O5. The summed E-state index contributed by atoms with van der Waals surface area (Å²) < 4.78 is 0. The van der Waals surface area contributed by atoms with Crippen molar-refractivity contribution in [3.05, 3.63) is 39.6 Å². The number of carbonyl (C=O) groups is 2. The van der Waals surface area contributed by atoms with Gasteiger partial charge in [-0.25, -0.2) is 4.79 Å². The van der Waals surface area contributed by atoms with Crippen molar-refractivity contribution in [1.29, 1.82) is 0 Å². The van der Waals surface area contributed by atoms with Crippen LogP contribution in [0.25, 0.3) is 6.08 Å². The largest absolute Gasteiger partial charge is 0.507 e. The van der Waals surface area contributed by atoms with Crippen LogP contribution in [0.4, 0.5) is 10.5 Å². The van der Waals surface area contributed by atoms with Gasteiger partial charge in [-0.1, -0.05) is 0 Å². The number of hydrogen-bond donors (Lipinski definition) is 3. The molecule has 18 heavy (non-hydrogen) atoms. The number of imide groups is 1. The molecule has 0 saturated carbocycles. The quantitative estimate of drug-likeness (QED) is 0.304. The lowest BCUT2D eigenvalue weighted by molar-refractivity contribution is -0.384. The number of carbonyl (C=O) groups excluding carboxylic acids is 2. The number of nitrogens with zero attached hydrogens (tertiary/aromatic N) is 1. The van der Waals surface area contributed by atoms with Crippen LogP contribution in [-0.4, -0.2) is 22.0 Å². The third-order valence-electron chi connectivity index (χ3n) is 2.24. The first-order valence-corrected chi connectivity index (χ1v) is 4.79. The molecule has 0 unspecified atom stereocenters. The van der Waals surface area contributed by atoms with Crippen LogP contribution < -0.4 is 10.6 Å². The molecule has 1 aromatic rings. The number of nitro benzene ring substituents is 1. The molecule has 1 saturated heterocycles. The minimum atomic E-state index is -0.684. The average molecular weight is 249 g/mol. The van der Waals surface area contributed by atoms with Crippen LogP contribution in [0, 0.1) is 10.1 Å². The van der Waals surface area contributed by atoms with Gasteiger partial charge in [0.25, 0.3) is 11.6 Å². The minimum absolute atomic E-state index is 0.0663. The third-order valence-corrected chi connectivity index (χ3v) is 2.24. The van der Waals surface area contributed by atoms with E-state index in [0.717, 1.165) is 24.3 Å². The maximum absolute atomic E-state index is 11.2. The molecule has 0 radical (unpaired) electrons. The average Bonchev–Trinajstić information content (AvgIpc) is 2.60. The molecule has 8 heteroatoms. The molecule has 1 aliphatic rings. The van der Waals surface area contributed by atoms with Crippen molar-refractivity contribution in [1.82, 2.24) is 10.6 Å². The van der Waals surface area contributed by atoms with E-state index in [9.17, 15) is 24.8 Å². The van der Waals surface area contributed by atoms with Crippen molar-refractivity contribution >= 4 is 23.7 Å². The maximum atomic E-state index is 11.2. The van der Waals surface area contributed by atoms with Gasteiger partial charge in [-0.05, 0) is 12.1 Å². The van der Waals surface area contributed by atoms with E-state index < -0.39 is 16.9 Å². The van der Waals surface area contributed by atoms with Crippen molar-refractivity contribution < 1.29 is 19.6 Å². The normalized spacial score (nSPS) is 16.6. The second kappa shape index (κ2) is 4.17. The lowest BCUT2D eigenvalue weighted by Gasteiger charge is -2.00. The molecule has 0 spiro atoms. The molecule has 1 fully saturated rings. The molecule has 0 aliphatic carbocycles. The van der Waals surface area contributed by atoms with Crippen molar-refractivity contribution in [2.75, 3.05) is 0 Å². The number of rotatable bonds is 2. The van der Waals surface area contributed by atoms with Gasteiger partial charge in [-0.2, -0.15) is 0 Å². The molecular weight excluding hydrogens is 242 g/mol. The Morgan fingerprint density at radius 3 is 2.56 bits per heavy atom. The Hall–Kier alpha value is -2.90. The van der Waals surface area contributed by atoms with Gasteiger partial charge in [0.05, 0.1) is 4.92 Å². The lowest BCUT2D eigenvalue weighted by Crippen LogP contribution is -2.22. The van der Waals surface area contributed by atoms with Gasteiger partial charge in [0.1, 0.15) is 11.4 Å². The molecule has 1 aliphatic heterocycles. The Labute approximate surface area is 100 Å². The van der Waals surface area contributed by atoms with E-state index >= 15 is 0 Å². The van der Waals surface area contributed by atoms with Crippen LogP contribution in [0.15, 0.2) is 23.9 Å². The summed E-state index contributed by atoms with van der Waals surface area (Å²) in [5.74, 6) is -0.895. The minimum Gasteiger partial charge on any atom is -0.507 e. The summed E-state index contributed by atoms with van der Waals surface area (Å²) in [6.07, 6.45) is 1.16. The zero-order valence-electron chi connectivity index (χ0n) is 8.84. The summed E-state index contributed by atoms with van der Waals surface area (Å²) in [6.45, 7) is 0. The number of phenolic OH excluding ortho intramolecular Hbond substituents is 1. The fourth-order valence-corrected chi connectivity index (χ4v) is 1.41. The highest BCUT2D eigenvalue weighted by molar-refractivity contribution is 6.14. The first kappa shape index (κ1) is 11.6. The monoisotopic (exact) mass is 249 g/mol. The summed E-state index contributed by atoms with van der Waals surface area (Å²) >= 11 is 0. The van der Waals surface area contributed by atoms with Crippen molar-refractivity contribution in [3.63, 3.8) is 0 Å². The first-order valence-electron chi connectivity index (χ1n) is 4.79. The molecule has 2 rings (SSSR count). The van der Waals surface area contributed by atoms with Crippen molar-refractivity contribution in [2.24, 2.45) is 0 Å². The number of non-ortho nitro benzene ring substituents is 1. The first-order chi connectivity index (χ1) is 8.47. The standard InChI is InChI=1S/C10H7N3O5/c14-8-2-1-6(13(17)18)3-5(8)4-7-9(15)12-10(16)11-7/h1-4,14H,(H2,11,12,15,16)/b7-4+. The lowest BCUT2D eigenvalue weighted by atomic mass is 10.1. The summed E-state index contributed by atoms with van der Waals surface area (Å²) in [5.41, 5.74) is -0.253. The second-order valence-electron chi connectivity index (χ2n) is 3.47. The SMILES string of the molecule is O=C1NC(=O)/C(=C\c2cc([N+](=O)[O-])ccc2O)N1. The highest BCUT2D eigenvalue weighted by Crippen LogP contribution is 2.25. The summed E-state index contributed by atoms with van der Waals surface area (Å²) in [4.78, 5) is 32.0. The van der Waals surface area contributed by atoms with E-state index in [1.807, 2.05) is 5.32 Å². The molecule has 1 aromatic carbocycles. The van der Waals surface area contributed by atoms with E-state index in [0.29, 0.717) is 0 Å². The third kappa shape index (κ3) is 2.12. The number of phenols is 1. The Bertz CT molecular complexity index is 593. The van der Waals surface area contributed by atoms with Gasteiger partial charge < -0.3 is 10.4 Å². The van der Waals surface area contributed by atoms with Gasteiger partial charge in [0, 0.05) is 17.7 Å². The van der Waals surface area contributed by atoms with E-state index in [1.165, 1.54) is 0 Å². The van der Waals surface area contributed by atoms with Gasteiger partial charge in [-0.3, -0.25) is 20.2 Å². The molecule has 3 N–H and O–H groups in total. The predicted molar refractivity (Wildman–Crippen MR) is 59.4 cm³/mol. The Morgan fingerprint density at radius 1 is 1.28 bits per heavy atom. The van der Waals surface area contributed by atoms with E-state index in [2.05, 4.69) is 5.32 Å². The van der Waals surface area contributed by atoms with Crippen LogP contribution in [0.5, 0.6) is 5.75 Å². The number of nitrogens with one attached hydrogen (secondary N) is 2. The van der Waals surface area contributed by atoms with Gasteiger partial charge in [0.15, 0.2) is 0 Å². The zero-order valence-corrected chi connectivity index (χ0v) is 8.84. The number of nitro groups is 1. The van der Waals surface area contributed by atoms with E-state index in [-0.39, 0.29) is 22.7 Å². The molecule has 0 bridgehead atoms. The smallest absolute Gasteiger partial charge is 0.326 e. The van der Waals surface area contributed by atoms with Crippen LogP contribution in [0.1, 0.15) is 5.56 Å². The molecule has 92 valence electrons. The van der Waals surface area contributed by atoms with Crippen LogP contribution in [0.2, 0.25) is 0 Å². The Morgan fingerprint density at radius 2 is 2.00 bits per heavy atom. The van der Waals surface area contributed by atoms with E-state index in [4.69, 9.17) is 0 Å². The maximum Gasteiger partial charge on any atom is 0.326 e. The van der Waals surface area contributed by atoms with Crippen LogP contribution in [0.3, 0.4) is 0 Å². The molecule has 1 heterocycles. The van der Waals surface area contributed by atoms with Crippen molar-refractivity contribution in [3.8, 4) is 5.75 Å². The fraction of sp³-hybridized carbons (Fsp3) is 0. The van der Waals surface area contributed by atoms with Gasteiger partial charge >= 0.3 is 6.03 Å². The highest BCUT2D eigenvalue weighted by atomic mass is 16.6. The predicted octanol–water partition coefficient (Wildman–Crippen LogP) is 0.481. The number of benzene rings is 1. The molecule has 8 nitrogen and oxygen atoms in total. The zero-order chi connectivity index (χ0) is 13.3. The van der Waals surface area contributed by atoms with Crippen molar-refractivity contribution in [2.45, 2.75) is 0 Å². The molecule has 0 atom stereocenters. The summed E-state index contributed by atoms with van der Waals surface area (Å²) in [6, 6.07) is 2.68. The van der Waals surface area contributed by atoms with Gasteiger partial charge in [0.2, 0.25) is 0 Å². The van der Waals surface area contributed by atoms with Crippen LogP contribution in [-0.2, 0) is 4.79 Å². The number of aromatic hydroxyl groups is 1. The van der Waals surface area contributed by atoms with Crippen LogP contribution >= 0.6 is 0 Å². The van der Waals surface area contributed by atoms with E-state index in [1.54, 1.807) is 0 Å². The highest BCUT2D eigenvalue weighted by Gasteiger charge is 2.23. The summed E-state index contributed by atoms with van der Waals surface area (Å²) in [7, 11) is 0. The second-order valence-corrected chi connectivity index (χ2v) is 3.47. The van der Waals surface area contributed by atoms with Gasteiger partial charge in [-0.15, -0.1) is 0 Å².